The van der Waals surface area contributed by atoms with Crippen molar-refractivity contribution in [1.82, 2.24) is 52.8 Å². The number of aliphatic imine (C=N–C) groups is 1. The number of aliphatic hydroxyl groups excluding tert-OH is 1. The Hall–Kier alpha value is -7.33. The number of aliphatic carboxylic acids is 1. The summed E-state index contributed by atoms with van der Waals surface area (Å²) < 4.78 is 0. The molecule has 1 fully saturated rings. The average Bonchev–Trinajstić information content (AvgIpc) is 3.31. The van der Waals surface area contributed by atoms with E-state index in [-0.39, 0.29) is 90.2 Å². The lowest BCUT2D eigenvalue weighted by atomic mass is 9.96. The van der Waals surface area contributed by atoms with Crippen LogP contribution in [-0.2, 0) is 57.5 Å². The average molecular weight is 1240 g/mol. The van der Waals surface area contributed by atoms with Crippen molar-refractivity contribution in [2.45, 2.75) is 210 Å². The molecule has 0 aromatic carbocycles. The number of carboxylic acid groups (broad SMARTS) is 1. The molecule has 0 aromatic heterocycles. The Bertz CT molecular complexity index is 2280. The van der Waals surface area contributed by atoms with Crippen LogP contribution in [-0.4, -0.2) is 204 Å². The highest BCUT2D eigenvalue weighted by Crippen LogP contribution is 2.21. The number of primary amides is 1. The van der Waals surface area contributed by atoms with Gasteiger partial charge in [0.05, 0.1) is 19.1 Å². The number of carbonyl (C=O) groups is 12. The molecule has 12 atom stereocenters. The van der Waals surface area contributed by atoms with Gasteiger partial charge >= 0.3 is 5.97 Å². The summed E-state index contributed by atoms with van der Waals surface area (Å²) >= 11 is 0. The van der Waals surface area contributed by atoms with Gasteiger partial charge in [0.1, 0.15) is 60.4 Å². The topological polar surface area (TPSA) is 577 Å². The van der Waals surface area contributed by atoms with Crippen LogP contribution in [0.1, 0.15) is 143 Å². The molecule has 11 amide bonds. The number of nitrogens with zero attached hydrogens (tertiary/aromatic N) is 2. The molecule has 33 heteroatoms. The van der Waals surface area contributed by atoms with Gasteiger partial charge in [-0.15, -0.1) is 0 Å². The first-order valence-corrected chi connectivity index (χ1v) is 30.0. The van der Waals surface area contributed by atoms with E-state index in [4.69, 9.17) is 45.9 Å². The third-order valence-electron chi connectivity index (χ3n) is 14.5. The number of carbonyl (C=O) groups excluding carboxylic acids is 11. The van der Waals surface area contributed by atoms with Crippen LogP contribution in [0.5, 0.6) is 0 Å². The molecule has 87 heavy (non-hydrogen) atoms. The highest BCUT2D eigenvalue weighted by atomic mass is 16.4. The van der Waals surface area contributed by atoms with E-state index in [1.54, 1.807) is 13.8 Å². The maximum absolute atomic E-state index is 14.6. The number of aliphatic hydroxyl groups is 1. The number of guanidine groups is 1. The van der Waals surface area contributed by atoms with Gasteiger partial charge in [-0.05, 0) is 149 Å². The zero-order valence-electron chi connectivity index (χ0n) is 50.9. The molecule has 0 bridgehead atoms. The molecule has 1 rings (SSSR count). The standard InChI is InChI=1S/C54H101N19O14/c1-5-30(2)42(51(84)68-33(16-6-10-22-55)44(77)64-32(4)53(86)87)72-48(81)38(28-41(60)75)70-47(80)36(20-14-26-63-54(61)62)65-45(78)35(18-8-12-24-57)67-50(83)40-21-15-27-73(40)52(85)37(19-9-13-25-58)69-46(79)34(17-7-11-23-56)66-49(82)39(29-74)71-43(76)31(3)59/h30-40,42,74H,5-29,55-59H2,1-4H3,(H2,60,75)(H,64,77)(H,65,78)(H,66,82)(H,67,83)(H,68,84)(H,69,79)(H,70,80)(H,71,76)(H,72,81)(H,86,87)(H4,61,62,63)/t30-,31-,32-,33-,34-,35-,36-,37-,38-,39-,40-,42-/m0/s1. The summed E-state index contributed by atoms with van der Waals surface area (Å²) in [6.45, 7) is 6.18. The fourth-order valence-corrected chi connectivity index (χ4v) is 9.17. The number of amides is 11. The number of hydrogen-bond acceptors (Lipinski definition) is 19. The highest BCUT2D eigenvalue weighted by Gasteiger charge is 2.41. The van der Waals surface area contributed by atoms with Crippen LogP contribution in [0, 0.1) is 5.92 Å². The molecule has 1 aliphatic heterocycles. The van der Waals surface area contributed by atoms with Crippen molar-refractivity contribution in [1.29, 1.82) is 0 Å². The van der Waals surface area contributed by atoms with Gasteiger partial charge < -0.3 is 109 Å². The number of nitrogens with one attached hydrogen (secondary N) is 9. The van der Waals surface area contributed by atoms with Crippen LogP contribution in [0.3, 0.4) is 0 Å². The van der Waals surface area contributed by atoms with Gasteiger partial charge in [-0.1, -0.05) is 20.3 Å². The lowest BCUT2D eigenvalue weighted by Gasteiger charge is -2.31. The normalized spacial score (nSPS) is 16.7. The van der Waals surface area contributed by atoms with Crippen molar-refractivity contribution in [3.63, 3.8) is 0 Å². The number of carboxylic acids is 1. The summed E-state index contributed by atoms with van der Waals surface area (Å²) in [6.07, 6.45) is 3.23. The number of unbranched alkanes of at least 4 members (excludes halogenated alkanes) is 4. The fraction of sp³-hybridized carbons (Fsp3) is 0.759. The van der Waals surface area contributed by atoms with Gasteiger partial charge in [0, 0.05) is 13.1 Å². The Balaban J connectivity index is 3.63. The van der Waals surface area contributed by atoms with Gasteiger partial charge in [-0.3, -0.25) is 62.5 Å². The molecular formula is C54H101N19O14. The van der Waals surface area contributed by atoms with Gasteiger partial charge in [-0.25, -0.2) is 0 Å². The van der Waals surface area contributed by atoms with E-state index >= 15 is 0 Å². The monoisotopic (exact) mass is 1240 g/mol. The summed E-state index contributed by atoms with van der Waals surface area (Å²) in [4.78, 5) is 168. The Morgan fingerprint density at radius 1 is 0.517 bits per heavy atom. The van der Waals surface area contributed by atoms with Crippen LogP contribution >= 0.6 is 0 Å². The van der Waals surface area contributed by atoms with Crippen LogP contribution in [0.4, 0.5) is 0 Å². The Morgan fingerprint density at radius 2 is 0.920 bits per heavy atom. The largest absolute Gasteiger partial charge is 0.480 e. The summed E-state index contributed by atoms with van der Waals surface area (Å²) in [6, 6.07) is -14.7. The first-order chi connectivity index (χ1) is 41.2. The first-order valence-electron chi connectivity index (χ1n) is 30.0. The third-order valence-corrected chi connectivity index (χ3v) is 14.5. The second-order valence-corrected chi connectivity index (χ2v) is 21.8. The number of hydrogen-bond donors (Lipinski definition) is 19. The van der Waals surface area contributed by atoms with Crippen LogP contribution in [0.15, 0.2) is 4.99 Å². The number of nitrogens with two attached hydrogens (primary N) is 8. The molecule has 0 aliphatic carbocycles. The van der Waals surface area contributed by atoms with E-state index in [0.29, 0.717) is 64.2 Å². The van der Waals surface area contributed by atoms with Crippen LogP contribution in [0.2, 0.25) is 0 Å². The molecular weight excluding hydrogens is 1140 g/mol. The van der Waals surface area contributed by atoms with E-state index in [1.807, 2.05) is 0 Å². The Morgan fingerprint density at radius 3 is 1.36 bits per heavy atom. The van der Waals surface area contributed by atoms with E-state index in [1.165, 1.54) is 18.7 Å². The molecule has 1 aliphatic rings. The quantitative estimate of drug-likeness (QED) is 0.0153. The van der Waals surface area contributed by atoms with E-state index < -0.39 is 156 Å². The molecule has 0 radical (unpaired) electrons. The van der Waals surface area contributed by atoms with Crippen LogP contribution in [0.25, 0.3) is 0 Å². The van der Waals surface area contributed by atoms with Crippen LogP contribution < -0.4 is 93.7 Å². The smallest absolute Gasteiger partial charge is 0.325 e. The summed E-state index contributed by atoms with van der Waals surface area (Å²) in [5, 5.41) is 42.2. The van der Waals surface area contributed by atoms with Crippen molar-refractivity contribution in [3.8, 4) is 0 Å². The second kappa shape index (κ2) is 42.5. The highest BCUT2D eigenvalue weighted by molar-refractivity contribution is 6.00. The molecule has 27 N–H and O–H groups in total. The molecule has 33 nitrogen and oxygen atoms in total. The molecule has 0 spiro atoms. The second-order valence-electron chi connectivity index (χ2n) is 21.8. The predicted octanol–water partition coefficient (Wildman–Crippen LogP) is -6.72. The van der Waals surface area contributed by atoms with Gasteiger partial charge in [0.25, 0.3) is 0 Å². The molecule has 0 saturated carbocycles. The summed E-state index contributed by atoms with van der Waals surface area (Å²) in [7, 11) is 0. The van der Waals surface area contributed by atoms with Gasteiger partial charge in [-0.2, -0.15) is 0 Å². The van der Waals surface area contributed by atoms with Crippen molar-refractivity contribution in [2.24, 2.45) is 56.8 Å². The summed E-state index contributed by atoms with van der Waals surface area (Å²) in [5.41, 5.74) is 45.2. The summed E-state index contributed by atoms with van der Waals surface area (Å²) in [5.74, 6) is -11.6. The maximum Gasteiger partial charge on any atom is 0.325 e. The van der Waals surface area contributed by atoms with E-state index in [9.17, 15) is 67.7 Å². The molecule has 1 heterocycles. The molecule has 1 saturated heterocycles. The Kier molecular flexibility index (Phi) is 38.0. The molecule has 0 unspecified atom stereocenters. The molecule has 496 valence electrons. The molecule has 0 aromatic rings. The Labute approximate surface area is 508 Å². The van der Waals surface area contributed by atoms with Gasteiger partial charge in [0.15, 0.2) is 5.96 Å². The van der Waals surface area contributed by atoms with Crippen molar-refractivity contribution in [2.75, 3.05) is 45.9 Å². The first kappa shape index (κ1) is 77.7. The SMILES string of the molecule is CC[C@H](C)[C@H](NC(=O)[C@H](CC(N)=O)NC(=O)[C@H](CCCN=C(N)N)NC(=O)[C@H](CCCCN)NC(=O)[C@@H]1CCCN1C(=O)[C@H](CCCCN)NC(=O)[C@H](CCCCN)NC(=O)[C@H](CO)NC(=O)[C@H](C)N)C(=O)N[C@@H](CCCCN)C(=O)N[C@@H](C)C(=O)O. The van der Waals surface area contributed by atoms with Crippen molar-refractivity contribution < 1.29 is 67.7 Å². The van der Waals surface area contributed by atoms with Crippen molar-refractivity contribution in [3.05, 3.63) is 0 Å². The van der Waals surface area contributed by atoms with Gasteiger partial charge in [0.2, 0.25) is 65.0 Å². The zero-order chi connectivity index (χ0) is 65.8. The lowest BCUT2D eigenvalue weighted by Crippen LogP contribution is -2.61. The lowest BCUT2D eigenvalue weighted by molar-refractivity contribution is -0.143. The van der Waals surface area contributed by atoms with E-state index in [2.05, 4.69) is 52.8 Å². The zero-order valence-corrected chi connectivity index (χ0v) is 50.9. The minimum absolute atomic E-state index is 0.0151. The minimum atomic E-state index is -1.75. The number of likely N-dealkylation sites (tertiary alicyclic amines) is 1. The fourth-order valence-electron chi connectivity index (χ4n) is 9.17. The van der Waals surface area contributed by atoms with E-state index in [0.717, 1.165) is 0 Å². The minimum Gasteiger partial charge on any atom is -0.480 e. The predicted molar refractivity (Wildman–Crippen MR) is 321 cm³/mol. The third kappa shape index (κ3) is 29.3. The maximum atomic E-state index is 14.6. The van der Waals surface area contributed by atoms with Crippen molar-refractivity contribution >= 4 is 76.9 Å². The number of rotatable bonds is 45.